The lowest BCUT2D eigenvalue weighted by Gasteiger charge is -2.61. The van der Waals surface area contributed by atoms with E-state index < -0.39 is 21.0 Å². The summed E-state index contributed by atoms with van der Waals surface area (Å²) in [6.07, 6.45) is 5.47. The summed E-state index contributed by atoms with van der Waals surface area (Å²) in [5.74, 6) is 0.430. The van der Waals surface area contributed by atoms with Gasteiger partial charge in [0.2, 0.25) is 15.9 Å². The first-order valence-corrected chi connectivity index (χ1v) is 13.2. The molecule has 0 saturated heterocycles. The molecule has 0 aromatic heterocycles. The number of ketones is 1. The van der Waals surface area contributed by atoms with E-state index in [9.17, 15) is 18.0 Å². The van der Waals surface area contributed by atoms with Crippen molar-refractivity contribution in [2.45, 2.75) is 69.2 Å². The fourth-order valence-electron chi connectivity index (χ4n) is 6.64. The highest BCUT2D eigenvalue weighted by molar-refractivity contribution is 9.10. The zero-order valence-electron chi connectivity index (χ0n) is 17.7. The molecule has 0 radical (unpaired) electrons. The second kappa shape index (κ2) is 7.54. The summed E-state index contributed by atoms with van der Waals surface area (Å²) < 4.78 is 29.0. The van der Waals surface area contributed by atoms with Gasteiger partial charge in [-0.3, -0.25) is 9.59 Å². The van der Waals surface area contributed by atoms with Crippen molar-refractivity contribution in [3.63, 3.8) is 0 Å². The highest BCUT2D eigenvalue weighted by Crippen LogP contribution is 2.66. The molecule has 4 saturated carbocycles. The van der Waals surface area contributed by atoms with Gasteiger partial charge < -0.3 is 5.73 Å². The number of primary amides is 1. The van der Waals surface area contributed by atoms with E-state index in [-0.39, 0.29) is 33.4 Å². The number of rotatable bonds is 7. The van der Waals surface area contributed by atoms with Crippen LogP contribution in [0.2, 0.25) is 5.02 Å². The normalized spacial score (nSPS) is 32.3. The van der Waals surface area contributed by atoms with E-state index in [4.69, 9.17) is 17.3 Å². The van der Waals surface area contributed by atoms with Gasteiger partial charge in [-0.05, 0) is 87.8 Å². The third-order valence-electron chi connectivity index (χ3n) is 7.47. The Hall–Kier alpha value is -0.960. The fraction of sp³-hybridized carbons (Fsp3) is 0.636. The van der Waals surface area contributed by atoms with Gasteiger partial charge in [-0.25, -0.2) is 8.42 Å². The van der Waals surface area contributed by atoms with Crippen LogP contribution in [0, 0.1) is 22.7 Å². The lowest BCUT2D eigenvalue weighted by atomic mass is 9.43. The largest absolute Gasteiger partial charge is 0.369 e. The maximum atomic E-state index is 13.4. The van der Waals surface area contributed by atoms with Crippen molar-refractivity contribution < 1.29 is 18.0 Å². The van der Waals surface area contributed by atoms with Gasteiger partial charge in [0, 0.05) is 15.9 Å². The minimum absolute atomic E-state index is 0.00441. The SMILES string of the molecule is CC(C)(NS(=O)(=O)c1cc(Cl)cc(Br)c1)C(=O)CC12CC3CC(C1)CC(C(N)=O)(C3)C2. The number of halogens is 2. The van der Waals surface area contributed by atoms with Crippen LogP contribution >= 0.6 is 27.5 Å². The Bertz CT molecular complexity index is 1020. The second-order valence-electron chi connectivity index (χ2n) is 10.5. The number of hydrogen-bond donors (Lipinski definition) is 2. The Morgan fingerprint density at radius 2 is 1.81 bits per heavy atom. The van der Waals surface area contributed by atoms with E-state index >= 15 is 0 Å². The molecule has 3 N–H and O–H groups in total. The van der Waals surface area contributed by atoms with Gasteiger partial charge in [-0.1, -0.05) is 27.5 Å². The highest BCUT2D eigenvalue weighted by Gasteiger charge is 2.60. The summed E-state index contributed by atoms with van der Waals surface area (Å²) in [7, 11) is -3.96. The molecule has 31 heavy (non-hydrogen) atoms. The molecule has 1 aromatic carbocycles. The molecule has 1 amide bonds. The smallest absolute Gasteiger partial charge is 0.241 e. The van der Waals surface area contributed by atoms with Gasteiger partial charge >= 0.3 is 0 Å². The van der Waals surface area contributed by atoms with E-state index in [1.54, 1.807) is 19.9 Å². The number of carbonyl (C=O) groups excluding carboxylic acids is 2. The number of nitrogens with two attached hydrogens (primary N) is 1. The van der Waals surface area contributed by atoms with Crippen molar-refractivity contribution in [2.24, 2.45) is 28.4 Å². The van der Waals surface area contributed by atoms with Crippen LogP contribution in [0.25, 0.3) is 0 Å². The molecule has 4 aliphatic rings. The summed E-state index contributed by atoms with van der Waals surface area (Å²) in [6, 6.07) is 4.40. The molecule has 4 aliphatic carbocycles. The van der Waals surface area contributed by atoms with Crippen LogP contribution in [0.15, 0.2) is 27.6 Å². The molecular weight excluding hydrogens is 504 g/mol. The van der Waals surface area contributed by atoms with E-state index in [0.29, 0.717) is 22.7 Å². The molecule has 9 heteroatoms. The van der Waals surface area contributed by atoms with Gasteiger partial charge in [0.05, 0.1) is 15.8 Å². The van der Waals surface area contributed by atoms with Gasteiger partial charge in [0.1, 0.15) is 0 Å². The van der Waals surface area contributed by atoms with E-state index in [1.165, 1.54) is 12.1 Å². The zero-order chi connectivity index (χ0) is 22.8. The number of benzene rings is 1. The van der Waals surface area contributed by atoms with E-state index in [2.05, 4.69) is 20.7 Å². The van der Waals surface area contributed by atoms with Crippen LogP contribution in [0.3, 0.4) is 0 Å². The molecule has 0 spiro atoms. The van der Waals surface area contributed by atoms with Crippen LogP contribution in [0.1, 0.15) is 58.8 Å². The van der Waals surface area contributed by atoms with Gasteiger partial charge in [-0.2, -0.15) is 4.72 Å². The minimum Gasteiger partial charge on any atom is -0.369 e. The van der Waals surface area contributed by atoms with Crippen LogP contribution in [-0.4, -0.2) is 25.6 Å². The molecule has 6 nitrogen and oxygen atoms in total. The van der Waals surface area contributed by atoms with Crippen molar-refractivity contribution >= 4 is 49.2 Å². The first-order chi connectivity index (χ1) is 14.2. The third-order valence-corrected chi connectivity index (χ3v) is 9.78. The monoisotopic (exact) mass is 530 g/mol. The lowest BCUT2D eigenvalue weighted by molar-refractivity contribution is -0.158. The standard InChI is InChI=1S/C22H28BrClN2O4S/c1-20(2,26-31(29,30)17-5-15(23)4-16(24)6-17)18(27)11-21-7-13-3-14(8-21)10-22(9-13,12-21)19(25)28/h4-6,13-14,26H,3,7-12H2,1-2H3,(H2,25,28). The predicted molar refractivity (Wildman–Crippen MR) is 122 cm³/mol. The lowest BCUT2D eigenvalue weighted by Crippen LogP contribution is -2.58. The summed E-state index contributed by atoms with van der Waals surface area (Å²) in [6.45, 7) is 3.19. The van der Waals surface area contributed by atoms with Crippen LogP contribution < -0.4 is 10.5 Å². The number of nitrogens with one attached hydrogen (secondary N) is 1. The first-order valence-electron chi connectivity index (χ1n) is 10.6. The predicted octanol–water partition coefficient (Wildman–Crippen LogP) is 4.19. The molecule has 5 rings (SSSR count). The number of amides is 1. The molecule has 0 heterocycles. The zero-order valence-corrected chi connectivity index (χ0v) is 20.9. The molecule has 4 fully saturated rings. The molecule has 1 aromatic rings. The Kier molecular flexibility index (Phi) is 5.64. The third kappa shape index (κ3) is 4.33. The van der Waals surface area contributed by atoms with Crippen molar-refractivity contribution in [3.05, 3.63) is 27.7 Å². The molecule has 2 atom stereocenters. The summed E-state index contributed by atoms with van der Waals surface area (Å²) in [5, 5.41) is 0.282. The molecular formula is C22H28BrClN2O4S. The van der Waals surface area contributed by atoms with E-state index in [1.807, 2.05) is 0 Å². The Labute approximate surface area is 196 Å². The van der Waals surface area contributed by atoms with Gasteiger partial charge in [0.25, 0.3) is 0 Å². The fourth-order valence-corrected chi connectivity index (χ4v) is 9.19. The van der Waals surface area contributed by atoms with Crippen molar-refractivity contribution in [3.8, 4) is 0 Å². The van der Waals surface area contributed by atoms with Crippen molar-refractivity contribution in [2.75, 3.05) is 0 Å². The average Bonchev–Trinajstić information content (AvgIpc) is 2.58. The Balaban J connectivity index is 1.54. The molecule has 2 unspecified atom stereocenters. The van der Waals surface area contributed by atoms with Gasteiger partial charge in [-0.15, -0.1) is 0 Å². The maximum Gasteiger partial charge on any atom is 0.241 e. The number of hydrogen-bond acceptors (Lipinski definition) is 4. The first kappa shape index (κ1) is 23.2. The van der Waals surface area contributed by atoms with Crippen molar-refractivity contribution in [1.82, 2.24) is 4.72 Å². The van der Waals surface area contributed by atoms with Crippen LogP contribution in [0.4, 0.5) is 0 Å². The maximum absolute atomic E-state index is 13.4. The Morgan fingerprint density at radius 1 is 1.19 bits per heavy atom. The average molecular weight is 532 g/mol. The van der Waals surface area contributed by atoms with Crippen LogP contribution in [0.5, 0.6) is 0 Å². The molecule has 0 aliphatic heterocycles. The quantitative estimate of drug-likeness (QED) is 0.550. The summed E-state index contributed by atoms with van der Waals surface area (Å²) in [4.78, 5) is 25.7. The minimum atomic E-state index is -3.96. The van der Waals surface area contributed by atoms with Crippen LogP contribution in [-0.2, 0) is 19.6 Å². The summed E-state index contributed by atoms with van der Waals surface area (Å²) >= 11 is 9.26. The Morgan fingerprint density at radius 3 is 2.35 bits per heavy atom. The number of carbonyl (C=O) groups is 2. The van der Waals surface area contributed by atoms with E-state index in [0.717, 1.165) is 32.1 Å². The summed E-state index contributed by atoms with van der Waals surface area (Å²) in [5.41, 5.74) is 3.75. The topological polar surface area (TPSA) is 106 Å². The van der Waals surface area contributed by atoms with Gasteiger partial charge in [0.15, 0.2) is 5.78 Å². The second-order valence-corrected chi connectivity index (χ2v) is 13.6. The number of Topliss-reactive ketones (excluding diaryl/α,β-unsaturated/α-hetero) is 1. The molecule has 4 bridgehead atoms. The highest BCUT2D eigenvalue weighted by atomic mass is 79.9. The van der Waals surface area contributed by atoms with Crippen molar-refractivity contribution in [1.29, 1.82) is 0 Å². The molecule has 170 valence electrons. The number of sulfonamides is 1.